The minimum absolute atomic E-state index is 0.0958. The summed E-state index contributed by atoms with van der Waals surface area (Å²) < 4.78 is 29.2. The maximum absolute atomic E-state index is 11.9. The molecule has 0 saturated carbocycles. The summed E-state index contributed by atoms with van der Waals surface area (Å²) >= 11 is 1.04. The second-order valence-corrected chi connectivity index (χ2v) is 7.28. The van der Waals surface area contributed by atoms with Gasteiger partial charge in [0.2, 0.25) is 0 Å². The van der Waals surface area contributed by atoms with Gasteiger partial charge in [0, 0.05) is 0 Å². The Hall–Kier alpha value is -2.41. The summed E-state index contributed by atoms with van der Waals surface area (Å²) in [6, 6.07) is 11.2. The lowest BCUT2D eigenvalue weighted by Crippen LogP contribution is -2.46. The molecule has 0 aliphatic heterocycles. The topological polar surface area (TPSA) is 108 Å². The van der Waals surface area contributed by atoms with E-state index >= 15 is 0 Å². The van der Waals surface area contributed by atoms with Gasteiger partial charge in [0.1, 0.15) is 9.96 Å². The van der Waals surface area contributed by atoms with Gasteiger partial charge >= 0.3 is 0 Å². The standard InChI is InChI=1S/C14H13N3O4S2/c1-10(21-12-6-4-11(9-15)5-7-12)14(18)16-17-23(19,20)13-3-2-8-22-13/h2-8,10,17H,1H3,(H,16,18)/t10-/m0/s1. The highest BCUT2D eigenvalue weighted by Gasteiger charge is 2.19. The highest BCUT2D eigenvalue weighted by atomic mass is 32.2. The molecule has 0 unspecified atom stereocenters. The van der Waals surface area contributed by atoms with Crippen molar-refractivity contribution in [2.45, 2.75) is 17.2 Å². The van der Waals surface area contributed by atoms with Gasteiger partial charge in [-0.1, -0.05) is 6.07 Å². The average Bonchev–Trinajstić information content (AvgIpc) is 3.08. The van der Waals surface area contributed by atoms with Gasteiger partial charge in [0.25, 0.3) is 15.9 Å². The predicted molar refractivity (Wildman–Crippen MR) is 84.0 cm³/mol. The van der Waals surface area contributed by atoms with Crippen molar-refractivity contribution in [2.24, 2.45) is 0 Å². The Labute approximate surface area is 137 Å². The average molecular weight is 351 g/mol. The van der Waals surface area contributed by atoms with Gasteiger partial charge in [-0.3, -0.25) is 10.2 Å². The molecule has 0 radical (unpaired) electrons. The first-order chi connectivity index (χ1) is 10.9. The van der Waals surface area contributed by atoms with Crippen LogP contribution in [0.25, 0.3) is 0 Å². The molecule has 0 aliphatic rings. The van der Waals surface area contributed by atoms with Crippen LogP contribution >= 0.6 is 11.3 Å². The number of carbonyl (C=O) groups excluding carboxylic acids is 1. The van der Waals surface area contributed by atoms with Crippen molar-refractivity contribution in [3.05, 3.63) is 47.3 Å². The quantitative estimate of drug-likeness (QED) is 0.765. The number of hydrogen-bond donors (Lipinski definition) is 2. The molecule has 7 nitrogen and oxygen atoms in total. The highest BCUT2D eigenvalue weighted by molar-refractivity contribution is 7.91. The van der Waals surface area contributed by atoms with E-state index in [1.54, 1.807) is 35.7 Å². The SMILES string of the molecule is C[C@H](Oc1ccc(C#N)cc1)C(=O)NNS(=O)(=O)c1cccs1. The molecule has 1 heterocycles. The molecule has 2 N–H and O–H groups in total. The molecule has 0 fully saturated rings. The molecule has 2 aromatic rings. The number of amides is 1. The lowest BCUT2D eigenvalue weighted by Gasteiger charge is -2.15. The zero-order valence-corrected chi connectivity index (χ0v) is 13.6. The van der Waals surface area contributed by atoms with Crippen LogP contribution in [0.2, 0.25) is 0 Å². The van der Waals surface area contributed by atoms with Crippen molar-refractivity contribution >= 4 is 27.3 Å². The molecule has 0 bridgehead atoms. The molecule has 2 rings (SSSR count). The number of benzene rings is 1. The molecule has 0 spiro atoms. The fourth-order valence-corrected chi connectivity index (χ4v) is 3.39. The molecule has 0 saturated heterocycles. The lowest BCUT2D eigenvalue weighted by molar-refractivity contribution is -0.127. The summed E-state index contributed by atoms with van der Waals surface area (Å²) in [6.07, 6.45) is -0.922. The fourth-order valence-electron chi connectivity index (χ4n) is 1.55. The third-order valence-electron chi connectivity index (χ3n) is 2.73. The maximum Gasteiger partial charge on any atom is 0.275 e. The summed E-state index contributed by atoms with van der Waals surface area (Å²) in [4.78, 5) is 13.9. The summed E-state index contributed by atoms with van der Waals surface area (Å²) in [6.45, 7) is 1.48. The summed E-state index contributed by atoms with van der Waals surface area (Å²) in [5.74, 6) is -0.248. The molecular formula is C14H13N3O4S2. The van der Waals surface area contributed by atoms with Crippen LogP contribution in [-0.4, -0.2) is 20.4 Å². The van der Waals surface area contributed by atoms with E-state index in [0.717, 1.165) is 11.3 Å². The fraction of sp³-hybridized carbons (Fsp3) is 0.143. The molecule has 0 aliphatic carbocycles. The Morgan fingerprint density at radius 3 is 2.57 bits per heavy atom. The normalized spacial score (nSPS) is 12.2. The van der Waals surface area contributed by atoms with E-state index in [1.807, 2.05) is 10.9 Å². The number of hydrazine groups is 1. The molecule has 9 heteroatoms. The van der Waals surface area contributed by atoms with E-state index in [0.29, 0.717) is 11.3 Å². The Bertz CT molecular complexity index is 809. The van der Waals surface area contributed by atoms with E-state index in [4.69, 9.17) is 10.00 Å². The number of thiophene rings is 1. The molecule has 23 heavy (non-hydrogen) atoms. The van der Waals surface area contributed by atoms with E-state index < -0.39 is 22.0 Å². The number of sulfonamides is 1. The van der Waals surface area contributed by atoms with Gasteiger partial charge in [-0.05, 0) is 42.6 Å². The van der Waals surface area contributed by atoms with Crippen LogP contribution in [0.3, 0.4) is 0 Å². The number of carbonyl (C=O) groups is 1. The van der Waals surface area contributed by atoms with Crippen LogP contribution in [0.5, 0.6) is 5.75 Å². The van der Waals surface area contributed by atoms with Crippen LogP contribution in [0.15, 0.2) is 46.0 Å². The molecule has 1 amide bonds. The van der Waals surface area contributed by atoms with Gasteiger partial charge in [-0.15, -0.1) is 16.2 Å². The Morgan fingerprint density at radius 1 is 1.30 bits per heavy atom. The van der Waals surface area contributed by atoms with Crippen molar-refractivity contribution < 1.29 is 17.9 Å². The van der Waals surface area contributed by atoms with E-state index in [1.165, 1.54) is 13.0 Å². The number of hydrogen-bond acceptors (Lipinski definition) is 6. The zero-order valence-electron chi connectivity index (χ0n) is 12.0. The molecule has 120 valence electrons. The number of nitriles is 1. The summed E-state index contributed by atoms with van der Waals surface area (Å²) in [5.41, 5.74) is 2.58. The van der Waals surface area contributed by atoms with Crippen molar-refractivity contribution in [2.75, 3.05) is 0 Å². The second kappa shape index (κ2) is 7.23. The highest BCUT2D eigenvalue weighted by Crippen LogP contribution is 2.15. The first kappa shape index (κ1) is 17.0. The van der Waals surface area contributed by atoms with Crippen LogP contribution in [0.4, 0.5) is 0 Å². The van der Waals surface area contributed by atoms with Crippen LogP contribution < -0.4 is 15.0 Å². The number of nitrogens with one attached hydrogen (secondary N) is 2. The van der Waals surface area contributed by atoms with Crippen LogP contribution in [0, 0.1) is 11.3 Å². The molecule has 1 atom stereocenters. The van der Waals surface area contributed by atoms with Gasteiger partial charge in [-0.2, -0.15) is 5.26 Å². The second-order valence-electron chi connectivity index (χ2n) is 4.42. The minimum atomic E-state index is -3.78. The number of rotatable bonds is 6. The molecule has 1 aromatic heterocycles. The van der Waals surface area contributed by atoms with E-state index in [2.05, 4.69) is 5.43 Å². The molecular weight excluding hydrogens is 338 g/mol. The maximum atomic E-state index is 11.9. The smallest absolute Gasteiger partial charge is 0.275 e. The van der Waals surface area contributed by atoms with Gasteiger partial charge < -0.3 is 4.74 Å². The number of nitrogens with zero attached hydrogens (tertiary/aromatic N) is 1. The Balaban J connectivity index is 1.91. The Morgan fingerprint density at radius 2 is 2.00 bits per heavy atom. The number of ether oxygens (including phenoxy) is 1. The van der Waals surface area contributed by atoms with Gasteiger partial charge in [-0.25, -0.2) is 8.42 Å². The summed E-state index contributed by atoms with van der Waals surface area (Å²) in [7, 11) is -3.78. The van der Waals surface area contributed by atoms with Crippen molar-refractivity contribution in [3.8, 4) is 11.8 Å². The first-order valence-electron chi connectivity index (χ1n) is 6.44. The van der Waals surface area contributed by atoms with Gasteiger partial charge in [0.15, 0.2) is 6.10 Å². The predicted octanol–water partition coefficient (Wildman–Crippen LogP) is 1.40. The van der Waals surface area contributed by atoms with Crippen molar-refractivity contribution in [1.82, 2.24) is 10.3 Å². The Kier molecular flexibility index (Phi) is 5.33. The van der Waals surface area contributed by atoms with Crippen LogP contribution in [-0.2, 0) is 14.8 Å². The third kappa shape index (κ3) is 4.53. The lowest BCUT2D eigenvalue weighted by atomic mass is 10.2. The largest absolute Gasteiger partial charge is 0.481 e. The van der Waals surface area contributed by atoms with Crippen molar-refractivity contribution in [1.29, 1.82) is 5.26 Å². The third-order valence-corrected chi connectivity index (χ3v) is 5.38. The zero-order chi connectivity index (χ0) is 16.9. The van der Waals surface area contributed by atoms with Gasteiger partial charge in [0.05, 0.1) is 11.6 Å². The van der Waals surface area contributed by atoms with E-state index in [9.17, 15) is 13.2 Å². The van der Waals surface area contributed by atoms with Crippen molar-refractivity contribution in [3.63, 3.8) is 0 Å². The first-order valence-corrected chi connectivity index (χ1v) is 8.80. The van der Waals surface area contributed by atoms with E-state index in [-0.39, 0.29) is 4.21 Å². The minimum Gasteiger partial charge on any atom is -0.481 e. The monoisotopic (exact) mass is 351 g/mol. The summed E-state index contributed by atoms with van der Waals surface area (Å²) in [5, 5.41) is 10.3. The molecule has 1 aromatic carbocycles. The van der Waals surface area contributed by atoms with Crippen LogP contribution in [0.1, 0.15) is 12.5 Å².